The molecule has 0 aliphatic carbocycles. The van der Waals surface area contributed by atoms with Crippen LogP contribution in [0.3, 0.4) is 0 Å². The molecule has 0 aliphatic rings. The molecule has 0 radical (unpaired) electrons. The summed E-state index contributed by atoms with van der Waals surface area (Å²) in [6.45, 7) is 0. The number of halogens is 1. The van der Waals surface area contributed by atoms with Gasteiger partial charge >= 0.3 is 0 Å². The minimum Gasteiger partial charge on any atom is -0.385 e. The van der Waals surface area contributed by atoms with Crippen LogP contribution in [0.2, 0.25) is 0 Å². The van der Waals surface area contributed by atoms with Gasteiger partial charge in [0.05, 0.1) is 8.66 Å². The van der Waals surface area contributed by atoms with Crippen molar-refractivity contribution in [3.05, 3.63) is 34.1 Å². The summed E-state index contributed by atoms with van der Waals surface area (Å²) in [5, 5.41) is 8.25. The summed E-state index contributed by atoms with van der Waals surface area (Å²) in [5.41, 5.74) is 6.68. The second kappa shape index (κ2) is 3.57. The van der Waals surface area contributed by atoms with E-state index in [2.05, 4.69) is 26.1 Å². The van der Waals surface area contributed by atoms with Gasteiger partial charge in [-0.25, -0.2) is 0 Å². The molecular formula is C10H7BrN4S. The van der Waals surface area contributed by atoms with E-state index < -0.39 is 0 Å². The Bertz CT molecular complexity index is 658. The van der Waals surface area contributed by atoms with Crippen LogP contribution in [0.15, 0.2) is 34.1 Å². The van der Waals surface area contributed by atoms with Gasteiger partial charge in [0.2, 0.25) is 0 Å². The van der Waals surface area contributed by atoms with Gasteiger partial charge < -0.3 is 5.73 Å². The van der Waals surface area contributed by atoms with Gasteiger partial charge in [-0.05, 0) is 40.2 Å². The highest BCUT2D eigenvalue weighted by molar-refractivity contribution is 9.11. The number of nitrogens with zero attached hydrogens (tertiary/aromatic N) is 3. The number of nitrogen functional groups attached to an aromatic ring is 1. The molecule has 80 valence electrons. The minimum absolute atomic E-state index is 0.641. The van der Waals surface area contributed by atoms with Crippen LogP contribution in [0.25, 0.3) is 16.3 Å². The number of nitrogens with two attached hydrogens (primary N) is 1. The Kier molecular flexibility index (Phi) is 2.19. The molecule has 0 amide bonds. The Balaban J connectivity index is 2.32. The van der Waals surface area contributed by atoms with E-state index in [0.29, 0.717) is 5.82 Å². The fraction of sp³-hybridized carbons (Fsp3) is 0. The summed E-state index contributed by atoms with van der Waals surface area (Å²) in [6.07, 6.45) is 0. The Morgan fingerprint density at radius 1 is 1.19 bits per heavy atom. The van der Waals surface area contributed by atoms with E-state index >= 15 is 0 Å². The van der Waals surface area contributed by atoms with Crippen LogP contribution >= 0.6 is 27.3 Å². The zero-order chi connectivity index (χ0) is 11.1. The highest BCUT2D eigenvalue weighted by Crippen LogP contribution is 2.31. The lowest BCUT2D eigenvalue weighted by Gasteiger charge is -2.00. The first-order chi connectivity index (χ1) is 7.75. The molecule has 0 fully saturated rings. The van der Waals surface area contributed by atoms with Gasteiger partial charge in [0, 0.05) is 0 Å². The molecule has 3 rings (SSSR count). The van der Waals surface area contributed by atoms with Crippen LogP contribution in [0, 0.1) is 0 Å². The van der Waals surface area contributed by atoms with Crippen LogP contribution in [0.4, 0.5) is 5.82 Å². The summed E-state index contributed by atoms with van der Waals surface area (Å²) >= 11 is 5.04. The van der Waals surface area contributed by atoms with Crippen LogP contribution in [0.5, 0.6) is 0 Å². The van der Waals surface area contributed by atoms with E-state index in [1.54, 1.807) is 11.3 Å². The molecule has 0 unspecified atom stereocenters. The van der Waals surface area contributed by atoms with Gasteiger partial charge in [0.15, 0.2) is 11.5 Å². The third-order valence-corrected chi connectivity index (χ3v) is 3.87. The molecule has 0 spiro atoms. The van der Waals surface area contributed by atoms with E-state index in [0.717, 1.165) is 20.1 Å². The van der Waals surface area contributed by atoms with E-state index in [-0.39, 0.29) is 0 Å². The number of thiophene rings is 1. The molecule has 16 heavy (non-hydrogen) atoms. The van der Waals surface area contributed by atoms with E-state index in [1.807, 2.05) is 34.7 Å². The number of fused-ring (bicyclic) bond motifs is 1. The second-order valence-corrected chi connectivity index (χ2v) is 5.73. The molecule has 0 saturated carbocycles. The average molecular weight is 295 g/mol. The SMILES string of the molecule is Nc1cccc2nnc(-c3ccc(Br)s3)n12. The lowest BCUT2D eigenvalue weighted by Crippen LogP contribution is -1.97. The number of hydrogen-bond acceptors (Lipinski definition) is 4. The molecule has 0 atom stereocenters. The Morgan fingerprint density at radius 3 is 2.81 bits per heavy atom. The van der Waals surface area contributed by atoms with E-state index in [4.69, 9.17) is 5.73 Å². The maximum absolute atomic E-state index is 5.92. The largest absolute Gasteiger partial charge is 0.385 e. The first kappa shape index (κ1) is 9.80. The molecule has 2 N–H and O–H groups in total. The molecule has 0 aromatic carbocycles. The van der Waals surface area contributed by atoms with Crippen molar-refractivity contribution in [3.8, 4) is 10.7 Å². The van der Waals surface area contributed by atoms with E-state index in [1.165, 1.54) is 0 Å². The zero-order valence-corrected chi connectivity index (χ0v) is 10.5. The number of rotatable bonds is 1. The molecule has 0 saturated heterocycles. The molecule has 4 nitrogen and oxygen atoms in total. The summed E-state index contributed by atoms with van der Waals surface area (Å²) < 4.78 is 2.91. The zero-order valence-electron chi connectivity index (χ0n) is 8.09. The van der Waals surface area contributed by atoms with Gasteiger partial charge in [-0.1, -0.05) is 6.07 Å². The Hall–Kier alpha value is -1.40. The summed E-state index contributed by atoms with van der Waals surface area (Å²) in [6, 6.07) is 9.57. The van der Waals surface area contributed by atoms with Gasteiger partial charge in [-0.3, -0.25) is 4.40 Å². The maximum atomic E-state index is 5.92. The molecule has 3 aromatic heterocycles. The molecule has 0 aliphatic heterocycles. The van der Waals surface area contributed by atoms with Gasteiger partial charge in [-0.2, -0.15) is 0 Å². The third kappa shape index (κ3) is 1.42. The smallest absolute Gasteiger partial charge is 0.180 e. The fourth-order valence-corrected chi connectivity index (χ4v) is 2.92. The van der Waals surface area contributed by atoms with Gasteiger partial charge in [0.25, 0.3) is 0 Å². The number of anilines is 1. The maximum Gasteiger partial charge on any atom is 0.180 e. The Morgan fingerprint density at radius 2 is 2.06 bits per heavy atom. The molecule has 6 heteroatoms. The van der Waals surface area contributed by atoms with Crippen LogP contribution in [0.1, 0.15) is 0 Å². The number of aromatic nitrogens is 3. The summed E-state index contributed by atoms with van der Waals surface area (Å²) in [5.74, 6) is 1.42. The summed E-state index contributed by atoms with van der Waals surface area (Å²) in [4.78, 5) is 1.04. The molecule has 0 bridgehead atoms. The lowest BCUT2D eigenvalue weighted by atomic mass is 10.4. The van der Waals surface area contributed by atoms with Crippen molar-refractivity contribution in [1.82, 2.24) is 14.6 Å². The minimum atomic E-state index is 0.641. The number of hydrogen-bond donors (Lipinski definition) is 1. The van der Waals surface area contributed by atoms with Crippen molar-refractivity contribution in [1.29, 1.82) is 0 Å². The van der Waals surface area contributed by atoms with Crippen molar-refractivity contribution in [2.24, 2.45) is 0 Å². The first-order valence-corrected chi connectivity index (χ1v) is 6.22. The van der Waals surface area contributed by atoms with Crippen molar-refractivity contribution < 1.29 is 0 Å². The quantitative estimate of drug-likeness (QED) is 0.751. The van der Waals surface area contributed by atoms with Gasteiger partial charge in [-0.15, -0.1) is 21.5 Å². The number of pyridine rings is 1. The molecule has 3 heterocycles. The van der Waals surface area contributed by atoms with Crippen molar-refractivity contribution >= 4 is 38.7 Å². The lowest BCUT2D eigenvalue weighted by molar-refractivity contribution is 1.12. The van der Waals surface area contributed by atoms with E-state index in [9.17, 15) is 0 Å². The Labute approximate surface area is 104 Å². The highest BCUT2D eigenvalue weighted by Gasteiger charge is 2.11. The van der Waals surface area contributed by atoms with Crippen LogP contribution < -0.4 is 5.73 Å². The molecule has 3 aromatic rings. The normalized spacial score (nSPS) is 11.1. The van der Waals surface area contributed by atoms with Crippen molar-refractivity contribution in [3.63, 3.8) is 0 Å². The van der Waals surface area contributed by atoms with Crippen LogP contribution in [-0.4, -0.2) is 14.6 Å². The van der Waals surface area contributed by atoms with Crippen LogP contribution in [-0.2, 0) is 0 Å². The monoisotopic (exact) mass is 294 g/mol. The first-order valence-electron chi connectivity index (χ1n) is 4.61. The topological polar surface area (TPSA) is 56.2 Å². The highest BCUT2D eigenvalue weighted by atomic mass is 79.9. The average Bonchev–Trinajstić information content (AvgIpc) is 2.84. The standard InChI is InChI=1S/C10H7BrN4S/c11-7-5-4-6(16-7)10-14-13-9-3-1-2-8(12)15(9)10/h1-5H,12H2. The second-order valence-electron chi connectivity index (χ2n) is 3.27. The van der Waals surface area contributed by atoms with Crippen molar-refractivity contribution in [2.75, 3.05) is 5.73 Å². The van der Waals surface area contributed by atoms with Gasteiger partial charge in [0.1, 0.15) is 5.82 Å². The third-order valence-electron chi connectivity index (χ3n) is 2.25. The molecular weight excluding hydrogens is 288 g/mol. The predicted octanol–water partition coefficient (Wildman–Crippen LogP) is 2.80. The summed E-state index contributed by atoms with van der Waals surface area (Å²) in [7, 11) is 0. The predicted molar refractivity (Wildman–Crippen MR) is 68.4 cm³/mol. The van der Waals surface area contributed by atoms with Crippen molar-refractivity contribution in [2.45, 2.75) is 0 Å². The fourth-order valence-electron chi connectivity index (χ4n) is 1.56.